The van der Waals surface area contributed by atoms with E-state index in [4.69, 9.17) is 26.8 Å². The number of aliphatic carboxylic acids is 1. The number of halogens is 3. The number of carboxylic acids is 1. The molecular weight excluding hydrogens is 649 g/mol. The van der Waals surface area contributed by atoms with E-state index in [9.17, 15) is 31.2 Å². The summed E-state index contributed by atoms with van der Waals surface area (Å²) in [4.78, 5) is 37.6. The molecule has 0 saturated carbocycles. The third-order valence-corrected chi connectivity index (χ3v) is 8.84. The number of anilines is 1. The number of carbonyl (C=O) groups excluding carboxylic acids is 2. The number of nitrogens with two attached hydrogens (primary N) is 2. The van der Waals surface area contributed by atoms with E-state index < -0.39 is 40.0 Å². The maximum atomic E-state index is 13.7. The number of carboxylic acid groups (broad SMARTS) is 1. The highest BCUT2D eigenvalue weighted by Gasteiger charge is 2.38. The second-order valence-corrected chi connectivity index (χ2v) is 12.7. The predicted molar refractivity (Wildman–Crippen MR) is 166 cm³/mol. The van der Waals surface area contributed by atoms with Crippen LogP contribution in [0.15, 0.2) is 77.7 Å². The quantitative estimate of drug-likeness (QED) is 0.137. The Morgan fingerprint density at radius 3 is 2.20 bits per heavy atom. The van der Waals surface area contributed by atoms with Gasteiger partial charge in [0.1, 0.15) is 18.4 Å². The Balaban J connectivity index is 0.000000738. The number of carbonyl (C=O) groups is 3. The number of nitrogens with zero attached hydrogens (tertiary/aromatic N) is 1. The van der Waals surface area contributed by atoms with E-state index in [0.29, 0.717) is 23.4 Å². The molecule has 46 heavy (non-hydrogen) atoms. The van der Waals surface area contributed by atoms with Gasteiger partial charge in [-0.3, -0.25) is 15.0 Å². The molecule has 1 aliphatic heterocycles. The summed E-state index contributed by atoms with van der Waals surface area (Å²) >= 11 is 1.34. The number of fused-ring (bicyclic) bond motifs is 1. The van der Waals surface area contributed by atoms with Crippen LogP contribution in [0.1, 0.15) is 22.3 Å². The van der Waals surface area contributed by atoms with Gasteiger partial charge in [0.2, 0.25) is 21.8 Å². The number of sulfonamides is 1. The Labute approximate surface area is 266 Å². The van der Waals surface area contributed by atoms with Crippen LogP contribution in [0.5, 0.6) is 0 Å². The first-order valence-electron chi connectivity index (χ1n) is 13.4. The maximum Gasteiger partial charge on any atom is 0.490 e. The van der Waals surface area contributed by atoms with Crippen LogP contribution in [0.2, 0.25) is 0 Å². The number of hydrogen-bond donors (Lipinski definition) is 6. The highest BCUT2D eigenvalue weighted by atomic mass is 32.2. The Bertz CT molecular complexity index is 1670. The summed E-state index contributed by atoms with van der Waals surface area (Å²) in [5.41, 5.74) is 14.6. The lowest BCUT2D eigenvalue weighted by Gasteiger charge is -2.25. The molecule has 8 N–H and O–H groups in total. The molecule has 0 radical (unpaired) electrons. The first-order chi connectivity index (χ1) is 21.6. The third kappa shape index (κ3) is 10.6. The number of amidine groups is 1. The summed E-state index contributed by atoms with van der Waals surface area (Å²) < 4.78 is 60.2. The number of amides is 2. The second-order valence-electron chi connectivity index (χ2n) is 9.85. The van der Waals surface area contributed by atoms with E-state index in [0.717, 1.165) is 16.0 Å². The lowest BCUT2D eigenvalue weighted by atomic mass is 10.1. The van der Waals surface area contributed by atoms with Gasteiger partial charge in [-0.05, 0) is 28.8 Å². The Morgan fingerprint density at radius 2 is 1.63 bits per heavy atom. The van der Waals surface area contributed by atoms with Gasteiger partial charge in [-0.25, -0.2) is 17.9 Å². The Hall–Kier alpha value is -4.45. The van der Waals surface area contributed by atoms with Crippen LogP contribution in [0.3, 0.4) is 0 Å². The lowest BCUT2D eigenvalue weighted by Crippen LogP contribution is -2.51. The van der Waals surface area contributed by atoms with Crippen LogP contribution in [0.4, 0.5) is 18.9 Å². The Morgan fingerprint density at radius 1 is 1.02 bits per heavy atom. The summed E-state index contributed by atoms with van der Waals surface area (Å²) in [6.45, 7) is 0.217. The van der Waals surface area contributed by atoms with Gasteiger partial charge in [-0.1, -0.05) is 60.7 Å². The van der Waals surface area contributed by atoms with Crippen molar-refractivity contribution in [2.75, 3.05) is 17.2 Å². The summed E-state index contributed by atoms with van der Waals surface area (Å²) in [6.07, 6.45) is -5.08. The normalized spacial score (nSPS) is 14.7. The molecule has 12 nitrogen and oxygen atoms in total. The molecule has 0 unspecified atom stereocenters. The molecule has 2 amide bonds. The standard InChI is InChI=1S/C27H30N6O4S2.C2HF3O2/c28-13-20-8-11-23-24(12-20)38-16-22(32-39(36,37)17-19-4-2-1-3-5-19)27(35)33(23)15-25(34)31-14-18-6-9-21(10-7-18)26(29)30;3-2(4,5)1(6)7/h1-12,22,32H,13-17,28H2,(H3,29,30)(H,31,34);(H,6,7)/t22-;/m1./s1. The molecule has 0 aromatic heterocycles. The molecule has 0 fully saturated rings. The van der Waals surface area contributed by atoms with Crippen LogP contribution in [0.25, 0.3) is 0 Å². The largest absolute Gasteiger partial charge is 0.490 e. The fraction of sp³-hybridized carbons (Fsp3) is 0.241. The van der Waals surface area contributed by atoms with Crippen molar-refractivity contribution >= 4 is 51.1 Å². The predicted octanol–water partition coefficient (Wildman–Crippen LogP) is 2.31. The molecule has 3 aromatic carbocycles. The first-order valence-corrected chi connectivity index (χ1v) is 16.0. The average Bonchev–Trinajstić information content (AvgIpc) is 3.12. The SMILES string of the molecule is N=C(N)c1ccc(CNC(=O)CN2C(=O)[C@H](NS(=O)(=O)Cc3ccccc3)CSc3cc(CN)ccc32)cc1.O=C(O)C(F)(F)F. The molecular formula is C29H31F3N6O6S2. The van der Waals surface area contributed by atoms with Crippen LogP contribution in [0, 0.1) is 5.41 Å². The first kappa shape index (κ1) is 36.0. The zero-order valence-corrected chi connectivity index (χ0v) is 25.7. The highest BCUT2D eigenvalue weighted by Crippen LogP contribution is 2.35. The zero-order valence-electron chi connectivity index (χ0n) is 24.1. The number of rotatable bonds is 10. The van der Waals surface area contributed by atoms with Crippen molar-refractivity contribution in [2.24, 2.45) is 11.5 Å². The maximum absolute atomic E-state index is 13.7. The summed E-state index contributed by atoms with van der Waals surface area (Å²) in [7, 11) is -3.85. The van der Waals surface area contributed by atoms with E-state index in [2.05, 4.69) is 10.0 Å². The van der Waals surface area contributed by atoms with Crippen LogP contribution in [-0.4, -0.2) is 61.7 Å². The molecule has 3 aromatic rings. The molecule has 1 aliphatic rings. The molecule has 1 atom stereocenters. The highest BCUT2D eigenvalue weighted by molar-refractivity contribution is 7.99. The van der Waals surface area contributed by atoms with Crippen LogP contribution in [-0.2, 0) is 43.2 Å². The molecule has 17 heteroatoms. The number of benzene rings is 3. The van der Waals surface area contributed by atoms with E-state index in [1.165, 1.54) is 16.7 Å². The molecule has 4 rings (SSSR count). The van der Waals surface area contributed by atoms with Crippen molar-refractivity contribution in [3.63, 3.8) is 0 Å². The fourth-order valence-corrected chi connectivity index (χ4v) is 6.65. The van der Waals surface area contributed by atoms with Gasteiger partial charge in [0, 0.05) is 29.3 Å². The van der Waals surface area contributed by atoms with E-state index >= 15 is 0 Å². The minimum atomic E-state index is -5.08. The van der Waals surface area contributed by atoms with Gasteiger partial charge in [0.25, 0.3) is 0 Å². The fourth-order valence-electron chi connectivity index (χ4n) is 4.08. The molecule has 1 heterocycles. The summed E-state index contributed by atoms with van der Waals surface area (Å²) in [6, 6.07) is 19.9. The molecule has 246 valence electrons. The van der Waals surface area contributed by atoms with Gasteiger partial charge in [0.05, 0.1) is 11.4 Å². The molecule has 0 aliphatic carbocycles. The third-order valence-electron chi connectivity index (χ3n) is 6.34. The molecule has 0 spiro atoms. The minimum absolute atomic E-state index is 0.0477. The van der Waals surface area contributed by atoms with Crippen molar-refractivity contribution in [1.82, 2.24) is 10.0 Å². The summed E-state index contributed by atoms with van der Waals surface area (Å²) in [5, 5.41) is 17.4. The van der Waals surface area contributed by atoms with Crippen molar-refractivity contribution in [3.05, 3.63) is 95.1 Å². The number of hydrogen-bond acceptors (Lipinski definition) is 8. The van der Waals surface area contributed by atoms with Gasteiger partial charge in [-0.2, -0.15) is 13.2 Å². The van der Waals surface area contributed by atoms with Crippen molar-refractivity contribution in [1.29, 1.82) is 5.41 Å². The number of alkyl halides is 3. The van der Waals surface area contributed by atoms with Gasteiger partial charge in [-0.15, -0.1) is 11.8 Å². The molecule has 0 saturated heterocycles. The van der Waals surface area contributed by atoms with Crippen molar-refractivity contribution < 1.29 is 41.1 Å². The second kappa shape index (κ2) is 15.7. The number of nitrogen functional groups attached to an aromatic ring is 1. The van der Waals surface area contributed by atoms with Crippen molar-refractivity contribution in [2.45, 2.75) is 36.0 Å². The lowest BCUT2D eigenvalue weighted by molar-refractivity contribution is -0.192. The molecule has 0 bridgehead atoms. The Kier molecular flexibility index (Phi) is 12.3. The minimum Gasteiger partial charge on any atom is -0.475 e. The average molecular weight is 681 g/mol. The summed E-state index contributed by atoms with van der Waals surface area (Å²) in [5.74, 6) is -3.84. The van der Waals surface area contributed by atoms with Crippen molar-refractivity contribution in [3.8, 4) is 0 Å². The number of thioether (sulfide) groups is 1. The monoisotopic (exact) mass is 680 g/mol. The van der Waals surface area contributed by atoms with Gasteiger partial charge < -0.3 is 26.8 Å². The van der Waals surface area contributed by atoms with Crippen LogP contribution >= 0.6 is 11.8 Å². The topological polar surface area (TPSA) is 209 Å². The zero-order chi connectivity index (χ0) is 34.1. The number of nitrogens with one attached hydrogen (secondary N) is 3. The smallest absolute Gasteiger partial charge is 0.475 e. The van der Waals surface area contributed by atoms with E-state index in [-0.39, 0.29) is 30.4 Å². The van der Waals surface area contributed by atoms with Crippen LogP contribution < -0.4 is 26.4 Å². The van der Waals surface area contributed by atoms with E-state index in [1.807, 2.05) is 6.07 Å². The van der Waals surface area contributed by atoms with Gasteiger partial charge >= 0.3 is 12.1 Å². The van der Waals surface area contributed by atoms with Gasteiger partial charge in [0.15, 0.2) is 0 Å². The van der Waals surface area contributed by atoms with E-state index in [1.54, 1.807) is 66.7 Å².